The predicted octanol–water partition coefficient (Wildman–Crippen LogP) is 27.7. The molecule has 0 atom stereocenters. The van der Waals surface area contributed by atoms with Crippen molar-refractivity contribution in [2.45, 2.75) is 186 Å². The summed E-state index contributed by atoms with van der Waals surface area (Å²) in [5, 5.41) is 16.8. The van der Waals surface area contributed by atoms with Crippen LogP contribution in [0.2, 0.25) is 74.5 Å². The third kappa shape index (κ3) is 17.3. The molecule has 4 aliphatic carbocycles. The Kier molecular flexibility index (Phi) is 25.1. The van der Waals surface area contributed by atoms with Gasteiger partial charge in [0.2, 0.25) is 22.8 Å². The fourth-order valence-electron chi connectivity index (χ4n) is 21.0. The van der Waals surface area contributed by atoms with Gasteiger partial charge in [-0.25, -0.2) is 27.0 Å². The molecule has 0 saturated heterocycles. The van der Waals surface area contributed by atoms with Gasteiger partial charge in [-0.05, 0) is 194 Å². The van der Waals surface area contributed by atoms with Gasteiger partial charge in [0.1, 0.15) is 39.8 Å². The summed E-state index contributed by atoms with van der Waals surface area (Å²) < 4.78 is 39.2. The molecule has 4 aliphatic rings. The third-order valence-electron chi connectivity index (χ3n) is 31.0. The molecule has 10 heteroatoms. The number of fused-ring (bicyclic) bond motifs is 4. The number of pyridine rings is 4. The van der Waals surface area contributed by atoms with Gasteiger partial charge in [-0.1, -0.05) is 344 Å². The van der Waals surface area contributed by atoms with Gasteiger partial charge >= 0.3 is 0 Å². The summed E-state index contributed by atoms with van der Waals surface area (Å²) in [5.74, 6) is -0.295. The molecule has 12 aromatic carbocycles. The van der Waals surface area contributed by atoms with Gasteiger partial charge in [-0.15, -0.1) is 0 Å². The van der Waals surface area contributed by atoms with Crippen molar-refractivity contribution < 1.29 is 27.0 Å². The molecule has 0 aliphatic heterocycles. The molecule has 0 N–H and O–H groups in total. The monoisotopic (exact) mass is 1740 g/mol. The van der Waals surface area contributed by atoms with E-state index < -0.39 is 32.3 Å². The zero-order valence-electron chi connectivity index (χ0n) is 78.1. The van der Waals surface area contributed by atoms with E-state index in [-0.39, 0.29) is 11.6 Å². The molecule has 16 aromatic rings. The minimum Gasteiger partial charge on any atom is -0.206 e. The quantitative estimate of drug-likeness (QED) is 0.0677. The number of nitrogens with zero attached hydrogens (tertiary/aromatic N) is 4. The number of benzene rings is 12. The summed E-state index contributed by atoms with van der Waals surface area (Å²) in [4.78, 5) is 0. The number of hydrogen-bond acceptors (Lipinski definition) is 0. The summed E-state index contributed by atoms with van der Waals surface area (Å²) >= 11 is 0. The molecule has 4 aromatic heterocycles. The van der Waals surface area contributed by atoms with Gasteiger partial charge in [0, 0.05) is 41.0 Å². The number of rotatable bonds is 16. The number of halogens is 2. The minimum absolute atomic E-state index is 0.124. The first kappa shape index (κ1) is 88.1. The maximum Gasteiger partial charge on any atom is 0.220 e. The van der Waals surface area contributed by atoms with E-state index in [9.17, 15) is 4.39 Å². The highest BCUT2D eigenvalue weighted by Gasteiger charge is 2.42. The average Bonchev–Trinajstić information content (AvgIpc) is 0.792. The second-order valence-electron chi connectivity index (χ2n) is 39.9. The molecule has 0 amide bonds. The molecule has 642 valence electrons. The number of aryl methyl sites for hydroxylation is 7. The van der Waals surface area contributed by atoms with Gasteiger partial charge < -0.3 is 0 Å². The standard InChI is InChI=1S/C30H33FNSi.C29H31FNSi.2C29H32NSi/c1-20-21(2)29(31)28(22-10-7-6-8-11-22)19-27(20)30-26-15-14-25(18-23(26)16-17-32(30)3)33(4,5)24-12-9-13-24;1-20-17-28(30)27(21-9-6-5-7-10-21)19-26(20)29-25-14-13-24(18-22(25)15-16-31(29)2)32(3,4)23-11-8-12-23;1-21-19-23(22-9-6-5-7-10-22)13-15-27(21)29-28-16-14-26(20-24(28)17-18-30(29)2)31(3,4)25-11-8-12-25;1-21-13-14-23(22-9-6-5-7-10-22)20-28(21)29-27-16-15-26(19-24(27)17-18-30(29)2)31(3,4)25-11-8-12-25/h6-8,10-11,14-19,24H,9,12-13H2,1-5H3;5-7,9-10,13-19,23H,8,11-12H2,1-4H3;2*5-7,9-10,13-20,25H,8,11-12H2,1-4H3/q4*+1. The normalized spacial score (nSPS) is 14.5. The van der Waals surface area contributed by atoms with Crippen LogP contribution in [0.1, 0.15) is 105 Å². The third-order valence-corrected chi connectivity index (χ3v) is 48.7. The maximum atomic E-state index is 15.4. The van der Waals surface area contributed by atoms with E-state index in [2.05, 4.69) is 332 Å². The fourth-order valence-corrected chi connectivity index (χ4v) is 34.5. The Morgan fingerprint density at radius 3 is 0.890 bits per heavy atom. The van der Waals surface area contributed by atoms with E-state index in [1.54, 1.807) is 26.8 Å². The molecule has 0 unspecified atom stereocenters. The van der Waals surface area contributed by atoms with Crippen LogP contribution in [0.15, 0.2) is 298 Å². The summed E-state index contributed by atoms with van der Waals surface area (Å²) in [6.07, 6.45) is 25.7. The van der Waals surface area contributed by atoms with Crippen LogP contribution in [-0.2, 0) is 28.2 Å². The van der Waals surface area contributed by atoms with E-state index in [0.29, 0.717) is 11.1 Å². The Hall–Kier alpha value is -11.0. The summed E-state index contributed by atoms with van der Waals surface area (Å²) in [7, 11) is 2.82. The maximum absolute atomic E-state index is 15.4. The SMILES string of the molecule is Cc1c(-c2c3ccc([Si](C)(C)C4CCC4)cc3cc[n+]2C)cc(-c2ccccc2)c(F)c1C.Cc1cc(-c2ccccc2)ccc1-c1c2ccc([Si](C)(C)C3CCC3)cc2cc[n+]1C.Cc1cc(F)c(-c2ccccc2)cc1-c1c2ccc([Si](C)(C)C3CCC3)cc2cc[n+]1C.Cc1ccc(-c2ccccc2)cc1-c1c2ccc([Si](C)(C)C3CCC3)cc2cc[n+]1C. The molecular weight excluding hydrogens is 1610 g/mol. The largest absolute Gasteiger partial charge is 0.220 e. The highest BCUT2D eigenvalue weighted by molar-refractivity contribution is 6.92. The van der Waals surface area contributed by atoms with Gasteiger partial charge in [0.15, 0.2) is 24.8 Å². The van der Waals surface area contributed by atoms with Crippen LogP contribution in [0.3, 0.4) is 0 Å². The van der Waals surface area contributed by atoms with Crippen molar-refractivity contribution in [3.8, 4) is 89.5 Å². The van der Waals surface area contributed by atoms with Crippen LogP contribution in [0.25, 0.3) is 133 Å². The highest BCUT2D eigenvalue weighted by Crippen LogP contribution is 2.47. The van der Waals surface area contributed by atoms with Crippen LogP contribution in [0.4, 0.5) is 8.78 Å². The Balaban J connectivity index is 0.000000119. The first-order valence-electron chi connectivity index (χ1n) is 46.8. The Bertz CT molecular complexity index is 6800. The van der Waals surface area contributed by atoms with Crippen LogP contribution >= 0.6 is 0 Å². The molecule has 0 spiro atoms. The van der Waals surface area contributed by atoms with Gasteiger partial charge in [-0.2, -0.15) is 0 Å². The van der Waals surface area contributed by atoms with Crippen molar-refractivity contribution in [3.63, 3.8) is 0 Å². The lowest BCUT2D eigenvalue weighted by atomic mass is 9.91. The Morgan fingerprint density at radius 2 is 0.543 bits per heavy atom. The van der Waals surface area contributed by atoms with Gasteiger partial charge in [0.25, 0.3) is 0 Å². The molecular formula is C117H128F2N4Si4+4. The second kappa shape index (κ2) is 36.3. The van der Waals surface area contributed by atoms with E-state index >= 15 is 4.39 Å². The van der Waals surface area contributed by atoms with Crippen LogP contribution < -0.4 is 39.0 Å². The lowest BCUT2D eigenvalue weighted by Crippen LogP contribution is -2.48. The molecule has 4 saturated carbocycles. The zero-order valence-corrected chi connectivity index (χ0v) is 82.1. The van der Waals surface area contributed by atoms with Gasteiger partial charge in [-0.3, -0.25) is 0 Å². The Morgan fingerprint density at radius 1 is 0.244 bits per heavy atom. The molecule has 4 fully saturated rings. The number of hydrogen-bond donors (Lipinski definition) is 0. The molecule has 4 nitrogen and oxygen atoms in total. The zero-order chi connectivity index (χ0) is 89.0. The Labute approximate surface area is 758 Å². The summed E-state index contributed by atoms with van der Waals surface area (Å²) in [5.41, 5.74) is 27.0. The van der Waals surface area contributed by atoms with Crippen molar-refractivity contribution in [1.82, 2.24) is 0 Å². The van der Waals surface area contributed by atoms with E-state index in [1.165, 1.54) is 176 Å². The summed E-state index contributed by atoms with van der Waals surface area (Å²) in [6.45, 7) is 30.8. The predicted molar refractivity (Wildman–Crippen MR) is 546 cm³/mol. The van der Waals surface area contributed by atoms with Crippen molar-refractivity contribution in [2.24, 2.45) is 28.2 Å². The smallest absolute Gasteiger partial charge is 0.206 e. The van der Waals surface area contributed by atoms with Crippen molar-refractivity contribution in [1.29, 1.82) is 0 Å². The number of aromatic nitrogens is 4. The molecule has 0 bridgehead atoms. The molecule has 0 radical (unpaired) electrons. The van der Waals surface area contributed by atoms with Crippen molar-refractivity contribution in [3.05, 3.63) is 337 Å². The molecule has 4 heterocycles. The van der Waals surface area contributed by atoms with Crippen molar-refractivity contribution >= 4 is 96.1 Å². The first-order chi connectivity index (χ1) is 61.0. The summed E-state index contributed by atoms with van der Waals surface area (Å²) in [6, 6.07) is 98.5. The van der Waals surface area contributed by atoms with Gasteiger partial charge in [0.05, 0.1) is 70.5 Å². The van der Waals surface area contributed by atoms with E-state index in [4.69, 9.17) is 0 Å². The lowest BCUT2D eigenvalue weighted by Gasteiger charge is -2.39. The van der Waals surface area contributed by atoms with Crippen molar-refractivity contribution in [2.75, 3.05) is 0 Å². The fraction of sp³-hybridized carbons (Fsp3) is 0.282. The lowest BCUT2D eigenvalue weighted by molar-refractivity contribution is -0.659. The first-order valence-corrected chi connectivity index (χ1v) is 59.1. The topological polar surface area (TPSA) is 15.5 Å². The van der Waals surface area contributed by atoms with E-state index in [1.807, 2.05) is 93.6 Å². The van der Waals surface area contributed by atoms with Crippen LogP contribution in [0, 0.1) is 46.3 Å². The minimum atomic E-state index is -1.46. The highest BCUT2D eigenvalue weighted by atomic mass is 28.3. The van der Waals surface area contributed by atoms with E-state index in [0.717, 1.165) is 72.5 Å². The molecule has 127 heavy (non-hydrogen) atoms. The van der Waals surface area contributed by atoms with Crippen LogP contribution in [-0.4, -0.2) is 32.3 Å². The second-order valence-corrected chi connectivity index (χ2v) is 59.3. The average molecular weight is 1740 g/mol. The molecule has 20 rings (SSSR count). The van der Waals surface area contributed by atoms with Crippen LogP contribution in [0.5, 0.6) is 0 Å².